The fourth-order valence-corrected chi connectivity index (χ4v) is 3.65. The summed E-state index contributed by atoms with van der Waals surface area (Å²) in [5, 5.41) is 0. The van der Waals surface area contributed by atoms with Crippen LogP contribution in [-0.2, 0) is 6.42 Å². The van der Waals surface area contributed by atoms with Gasteiger partial charge in [0.25, 0.3) is 0 Å². The predicted octanol–water partition coefficient (Wildman–Crippen LogP) is 4.50. The Morgan fingerprint density at radius 2 is 2.00 bits per heavy atom. The van der Waals surface area contributed by atoms with E-state index in [1.165, 1.54) is 28.9 Å². The molecule has 3 heteroatoms. The number of nitrogens with zero attached hydrogens (tertiary/aromatic N) is 1. The molecule has 1 aromatic heterocycles. The van der Waals surface area contributed by atoms with Crippen LogP contribution < -0.4 is 5.73 Å². The van der Waals surface area contributed by atoms with Gasteiger partial charge in [-0.05, 0) is 62.4 Å². The molecule has 0 fully saturated rings. The molecular weight excluding hydrogens is 312 g/mol. The number of nitrogens with two attached hydrogens (primary N) is 1. The summed E-state index contributed by atoms with van der Waals surface area (Å²) in [7, 11) is 0. The van der Waals surface area contributed by atoms with Crippen molar-refractivity contribution in [3.8, 4) is 0 Å². The third kappa shape index (κ3) is 2.33. The molecule has 0 amide bonds. The lowest BCUT2D eigenvalue weighted by Gasteiger charge is -2.25. The Hall–Kier alpha value is -1.06. The lowest BCUT2D eigenvalue weighted by molar-refractivity contribution is 0.521. The molecule has 2 nitrogen and oxygen atoms in total. The fraction of sp³-hybridized carbons (Fsp3) is 0.412. The first-order valence-electron chi connectivity index (χ1n) is 7.29. The van der Waals surface area contributed by atoms with Crippen LogP contribution in [0.4, 0.5) is 0 Å². The first-order chi connectivity index (χ1) is 9.58. The minimum atomic E-state index is 0.218. The van der Waals surface area contributed by atoms with Crippen LogP contribution in [0.5, 0.6) is 0 Å². The molecule has 0 saturated heterocycles. The number of hydrogen-bond donors (Lipinski definition) is 1. The summed E-state index contributed by atoms with van der Waals surface area (Å²) < 4.78 is 3.60. The summed E-state index contributed by atoms with van der Waals surface area (Å²) in [6.45, 7) is 4.47. The Morgan fingerprint density at radius 3 is 2.70 bits per heavy atom. The largest absolute Gasteiger partial charge is 0.341 e. The Morgan fingerprint density at radius 1 is 1.30 bits per heavy atom. The average molecular weight is 333 g/mol. The molecule has 1 aliphatic rings. The van der Waals surface area contributed by atoms with Crippen LogP contribution in [0.3, 0.4) is 0 Å². The van der Waals surface area contributed by atoms with Crippen LogP contribution in [-0.4, -0.2) is 4.57 Å². The van der Waals surface area contributed by atoms with E-state index in [0.29, 0.717) is 6.04 Å². The first kappa shape index (κ1) is 13.9. The molecule has 2 atom stereocenters. The molecule has 0 radical (unpaired) electrons. The second-order valence-corrected chi connectivity index (χ2v) is 6.70. The van der Waals surface area contributed by atoms with Crippen LogP contribution in [0.1, 0.15) is 54.4 Å². The van der Waals surface area contributed by atoms with E-state index in [-0.39, 0.29) is 6.04 Å². The third-order valence-electron chi connectivity index (χ3n) is 4.44. The lowest BCUT2D eigenvalue weighted by atomic mass is 9.93. The van der Waals surface area contributed by atoms with Crippen molar-refractivity contribution in [2.24, 2.45) is 5.73 Å². The molecule has 2 unspecified atom stereocenters. The van der Waals surface area contributed by atoms with Crippen LogP contribution >= 0.6 is 15.9 Å². The number of benzene rings is 1. The summed E-state index contributed by atoms with van der Waals surface area (Å²) in [6, 6.07) is 11.5. The second kappa shape index (κ2) is 5.38. The predicted molar refractivity (Wildman–Crippen MR) is 87.0 cm³/mol. The van der Waals surface area contributed by atoms with Gasteiger partial charge in [0.05, 0.1) is 6.04 Å². The third-order valence-corrected chi connectivity index (χ3v) is 4.96. The molecule has 1 aromatic carbocycles. The van der Waals surface area contributed by atoms with Crippen molar-refractivity contribution in [2.75, 3.05) is 0 Å². The number of fused-ring (bicyclic) bond motifs is 1. The molecular formula is C17H21BrN2. The normalized spacial score (nSPS) is 19.7. The van der Waals surface area contributed by atoms with Crippen molar-refractivity contribution in [2.45, 2.75) is 45.2 Å². The Bertz CT molecular complexity index is 613. The quantitative estimate of drug-likeness (QED) is 0.862. The summed E-state index contributed by atoms with van der Waals surface area (Å²) in [5.74, 6) is 0. The number of rotatable bonds is 2. The summed E-state index contributed by atoms with van der Waals surface area (Å²) in [6.07, 6.45) is 3.46. The van der Waals surface area contributed by atoms with E-state index >= 15 is 0 Å². The van der Waals surface area contributed by atoms with Gasteiger partial charge in [0.1, 0.15) is 0 Å². The summed E-state index contributed by atoms with van der Waals surface area (Å²) >= 11 is 3.50. The van der Waals surface area contributed by atoms with Gasteiger partial charge in [0.2, 0.25) is 0 Å². The van der Waals surface area contributed by atoms with Crippen LogP contribution in [0.15, 0.2) is 34.8 Å². The van der Waals surface area contributed by atoms with Crippen LogP contribution in [0, 0.1) is 6.92 Å². The number of aryl methyl sites for hydroxylation is 1. The minimum absolute atomic E-state index is 0.218. The molecule has 1 heterocycles. The fourth-order valence-electron chi connectivity index (χ4n) is 3.39. The van der Waals surface area contributed by atoms with Gasteiger partial charge in [0.15, 0.2) is 0 Å². The van der Waals surface area contributed by atoms with Crippen molar-refractivity contribution in [1.29, 1.82) is 0 Å². The summed E-state index contributed by atoms with van der Waals surface area (Å²) in [5.41, 5.74) is 11.7. The highest BCUT2D eigenvalue weighted by atomic mass is 79.9. The average Bonchev–Trinajstić information content (AvgIpc) is 2.77. The van der Waals surface area contributed by atoms with Crippen LogP contribution in [0.25, 0.3) is 0 Å². The van der Waals surface area contributed by atoms with E-state index in [1.807, 2.05) is 0 Å². The Balaban J connectivity index is 2.03. The molecule has 2 N–H and O–H groups in total. The maximum atomic E-state index is 6.27. The number of halogens is 1. The van der Waals surface area contributed by atoms with Gasteiger partial charge in [-0.15, -0.1) is 0 Å². The molecule has 20 heavy (non-hydrogen) atoms. The van der Waals surface area contributed by atoms with Gasteiger partial charge in [-0.25, -0.2) is 0 Å². The smallest absolute Gasteiger partial charge is 0.0557 e. The standard InChI is InChI=1S/C17H21BrN2/c1-11-10-15-16(19)4-3-5-17(15)20(11)12(2)13-6-8-14(18)9-7-13/h6-10,12,16H,3-5,19H2,1-2H3. The molecule has 3 rings (SSSR count). The Kier molecular flexibility index (Phi) is 3.74. The van der Waals surface area contributed by atoms with Crippen molar-refractivity contribution in [1.82, 2.24) is 4.57 Å². The maximum Gasteiger partial charge on any atom is 0.0557 e. The van der Waals surface area contributed by atoms with Gasteiger partial charge in [0, 0.05) is 21.9 Å². The summed E-state index contributed by atoms with van der Waals surface area (Å²) in [4.78, 5) is 0. The molecule has 2 aromatic rings. The molecule has 106 valence electrons. The molecule has 0 saturated carbocycles. The van der Waals surface area contributed by atoms with Gasteiger partial charge in [-0.1, -0.05) is 28.1 Å². The van der Waals surface area contributed by atoms with E-state index in [9.17, 15) is 0 Å². The molecule has 0 spiro atoms. The van der Waals surface area contributed by atoms with Crippen molar-refractivity contribution in [3.63, 3.8) is 0 Å². The highest BCUT2D eigenvalue weighted by Crippen LogP contribution is 2.34. The first-order valence-corrected chi connectivity index (χ1v) is 8.09. The topological polar surface area (TPSA) is 30.9 Å². The van der Waals surface area contributed by atoms with E-state index in [2.05, 4.69) is 64.7 Å². The van der Waals surface area contributed by atoms with Crippen molar-refractivity contribution < 1.29 is 0 Å². The van der Waals surface area contributed by atoms with Gasteiger partial charge < -0.3 is 10.3 Å². The maximum absolute atomic E-state index is 6.27. The lowest BCUT2D eigenvalue weighted by Crippen LogP contribution is -2.20. The monoisotopic (exact) mass is 332 g/mol. The van der Waals surface area contributed by atoms with E-state index in [4.69, 9.17) is 5.73 Å². The van der Waals surface area contributed by atoms with E-state index in [0.717, 1.165) is 17.3 Å². The van der Waals surface area contributed by atoms with E-state index in [1.54, 1.807) is 0 Å². The molecule has 1 aliphatic carbocycles. The number of aromatic nitrogens is 1. The second-order valence-electron chi connectivity index (χ2n) is 5.78. The zero-order chi connectivity index (χ0) is 14.3. The minimum Gasteiger partial charge on any atom is -0.341 e. The van der Waals surface area contributed by atoms with Crippen molar-refractivity contribution in [3.05, 3.63) is 57.3 Å². The van der Waals surface area contributed by atoms with Gasteiger partial charge in [-0.2, -0.15) is 0 Å². The zero-order valence-electron chi connectivity index (χ0n) is 12.1. The van der Waals surface area contributed by atoms with Crippen molar-refractivity contribution >= 4 is 15.9 Å². The van der Waals surface area contributed by atoms with Gasteiger partial charge in [-0.3, -0.25) is 0 Å². The highest BCUT2D eigenvalue weighted by Gasteiger charge is 2.24. The van der Waals surface area contributed by atoms with E-state index < -0.39 is 0 Å². The zero-order valence-corrected chi connectivity index (χ0v) is 13.7. The van der Waals surface area contributed by atoms with Crippen LogP contribution in [0.2, 0.25) is 0 Å². The number of hydrogen-bond acceptors (Lipinski definition) is 1. The SMILES string of the molecule is Cc1cc2c(n1C(C)c1ccc(Br)cc1)CCCC2N. The highest BCUT2D eigenvalue weighted by molar-refractivity contribution is 9.10. The Labute approximate surface area is 129 Å². The molecule has 0 bridgehead atoms. The molecule has 0 aliphatic heterocycles. The van der Waals surface area contributed by atoms with Gasteiger partial charge >= 0.3 is 0 Å².